The van der Waals surface area contributed by atoms with Gasteiger partial charge in [0, 0.05) is 25.2 Å². The Bertz CT molecular complexity index is 741. The van der Waals surface area contributed by atoms with Crippen LogP contribution >= 0.6 is 15.9 Å². The monoisotopic (exact) mass is 394 g/mol. The summed E-state index contributed by atoms with van der Waals surface area (Å²) >= 11 is 3.53. The number of rotatable bonds is 4. The molecule has 0 atom stereocenters. The summed E-state index contributed by atoms with van der Waals surface area (Å²) in [6.07, 6.45) is 2.12. The number of ether oxygens (including phenoxy) is 2. The summed E-state index contributed by atoms with van der Waals surface area (Å²) in [5, 5.41) is 1.02. The van der Waals surface area contributed by atoms with Crippen molar-refractivity contribution in [1.29, 1.82) is 0 Å². The number of aromatic nitrogens is 1. The molecule has 0 unspecified atom stereocenters. The van der Waals surface area contributed by atoms with Crippen molar-refractivity contribution in [3.8, 4) is 5.75 Å². The summed E-state index contributed by atoms with van der Waals surface area (Å²) in [4.78, 5) is 18.1. The van der Waals surface area contributed by atoms with Crippen LogP contribution in [0.2, 0.25) is 0 Å². The molecule has 6 heteroatoms. The summed E-state index contributed by atoms with van der Waals surface area (Å²) in [7, 11) is 3.37. The first-order valence-electron chi connectivity index (χ1n) is 7.77. The Morgan fingerprint density at radius 2 is 2.08 bits per heavy atom. The number of halogens is 1. The van der Waals surface area contributed by atoms with Crippen molar-refractivity contribution < 1.29 is 14.3 Å². The third-order valence-corrected chi connectivity index (χ3v) is 4.10. The van der Waals surface area contributed by atoms with Gasteiger partial charge in [0.1, 0.15) is 11.1 Å². The number of likely N-dealkylation sites (N-methyl/N-ethyl adjacent to an activating group) is 1. The average Bonchev–Trinajstić information content (AvgIpc) is 2.50. The van der Waals surface area contributed by atoms with E-state index < -0.39 is 5.60 Å². The molecule has 24 heavy (non-hydrogen) atoms. The number of pyridine rings is 1. The molecule has 0 saturated heterocycles. The lowest BCUT2D eigenvalue weighted by molar-refractivity contribution is 0.0301. The van der Waals surface area contributed by atoms with E-state index in [9.17, 15) is 4.79 Å². The van der Waals surface area contributed by atoms with Crippen LogP contribution < -0.4 is 4.74 Å². The van der Waals surface area contributed by atoms with E-state index in [1.165, 1.54) is 0 Å². The van der Waals surface area contributed by atoms with Gasteiger partial charge in [-0.1, -0.05) is 6.07 Å². The number of amides is 1. The Morgan fingerprint density at radius 3 is 2.71 bits per heavy atom. The Morgan fingerprint density at radius 1 is 1.38 bits per heavy atom. The molecule has 0 spiro atoms. The van der Waals surface area contributed by atoms with Crippen LogP contribution in [0, 0.1) is 0 Å². The van der Waals surface area contributed by atoms with Crippen LogP contribution in [-0.2, 0) is 11.2 Å². The molecule has 1 aromatic heterocycles. The highest BCUT2D eigenvalue weighted by atomic mass is 79.9. The molecule has 130 valence electrons. The highest BCUT2D eigenvalue weighted by molar-refractivity contribution is 9.10. The van der Waals surface area contributed by atoms with Gasteiger partial charge in [-0.05, 0) is 60.8 Å². The largest absolute Gasteiger partial charge is 0.493 e. The molecule has 0 bridgehead atoms. The predicted octanol–water partition coefficient (Wildman–Crippen LogP) is 4.42. The number of benzene rings is 1. The maximum atomic E-state index is 12.1. The molecule has 0 aliphatic rings. The van der Waals surface area contributed by atoms with E-state index >= 15 is 0 Å². The van der Waals surface area contributed by atoms with Crippen LogP contribution in [0.15, 0.2) is 28.9 Å². The van der Waals surface area contributed by atoms with Gasteiger partial charge in [0.25, 0.3) is 0 Å². The van der Waals surface area contributed by atoms with E-state index in [4.69, 9.17) is 9.47 Å². The minimum absolute atomic E-state index is 0.322. The zero-order chi connectivity index (χ0) is 17.9. The lowest BCUT2D eigenvalue weighted by atomic mass is 10.0. The van der Waals surface area contributed by atoms with E-state index in [2.05, 4.69) is 20.9 Å². The number of hydrogen-bond acceptors (Lipinski definition) is 4. The maximum Gasteiger partial charge on any atom is 0.410 e. The highest BCUT2D eigenvalue weighted by Crippen LogP contribution is 2.34. The second kappa shape index (κ2) is 7.38. The van der Waals surface area contributed by atoms with E-state index in [1.807, 2.05) is 39.0 Å². The summed E-state index contributed by atoms with van der Waals surface area (Å²) in [6, 6.07) is 5.93. The third-order valence-electron chi connectivity index (χ3n) is 3.51. The maximum absolute atomic E-state index is 12.1. The fourth-order valence-corrected chi connectivity index (χ4v) is 3.00. The third kappa shape index (κ3) is 4.38. The quantitative estimate of drug-likeness (QED) is 0.769. The van der Waals surface area contributed by atoms with Gasteiger partial charge in [0.15, 0.2) is 5.75 Å². The van der Waals surface area contributed by atoms with Gasteiger partial charge in [-0.25, -0.2) is 4.79 Å². The zero-order valence-corrected chi connectivity index (χ0v) is 16.3. The topological polar surface area (TPSA) is 51.7 Å². The first-order chi connectivity index (χ1) is 11.2. The molecular formula is C18H23BrN2O3. The minimum Gasteiger partial charge on any atom is -0.493 e. The van der Waals surface area contributed by atoms with E-state index in [-0.39, 0.29) is 6.09 Å². The minimum atomic E-state index is -0.495. The van der Waals surface area contributed by atoms with Gasteiger partial charge >= 0.3 is 6.09 Å². The van der Waals surface area contributed by atoms with Gasteiger partial charge in [0.05, 0.1) is 11.6 Å². The van der Waals surface area contributed by atoms with Crippen molar-refractivity contribution in [3.63, 3.8) is 0 Å². The number of carbonyl (C=O) groups is 1. The second-order valence-corrected chi connectivity index (χ2v) is 7.46. The summed E-state index contributed by atoms with van der Waals surface area (Å²) in [5.41, 5.74) is 1.41. The van der Waals surface area contributed by atoms with Crippen LogP contribution in [0.25, 0.3) is 10.9 Å². The van der Waals surface area contributed by atoms with Crippen molar-refractivity contribution in [2.75, 3.05) is 20.7 Å². The SMILES string of the molecule is COc1c(Br)cc(CCN(C)C(=O)OC(C)(C)C)c2cccnc12. The first kappa shape index (κ1) is 18.5. The average molecular weight is 395 g/mol. The Balaban J connectivity index is 2.20. The molecule has 1 heterocycles. The molecule has 0 radical (unpaired) electrons. The second-order valence-electron chi connectivity index (χ2n) is 6.60. The summed E-state index contributed by atoms with van der Waals surface area (Å²) in [6.45, 7) is 6.13. The van der Waals surface area contributed by atoms with Gasteiger partial charge < -0.3 is 14.4 Å². The standard InChI is InChI=1S/C18H23BrN2O3/c1-18(2,3)24-17(22)21(4)10-8-12-11-14(19)16(23-5)15-13(12)7-6-9-20-15/h6-7,9,11H,8,10H2,1-5H3. The molecular weight excluding hydrogens is 372 g/mol. The molecule has 1 amide bonds. The number of hydrogen-bond donors (Lipinski definition) is 0. The van der Waals surface area contributed by atoms with Crippen LogP contribution in [0.3, 0.4) is 0 Å². The normalized spacial score (nSPS) is 11.4. The summed E-state index contributed by atoms with van der Waals surface area (Å²) in [5.74, 6) is 0.717. The Labute approximate surface area is 151 Å². The van der Waals surface area contributed by atoms with Crippen molar-refractivity contribution >= 4 is 32.9 Å². The van der Waals surface area contributed by atoms with E-state index in [1.54, 1.807) is 25.3 Å². The van der Waals surface area contributed by atoms with Crippen molar-refractivity contribution in [2.45, 2.75) is 32.8 Å². The fraction of sp³-hybridized carbons (Fsp3) is 0.444. The van der Waals surface area contributed by atoms with Crippen LogP contribution in [0.4, 0.5) is 4.79 Å². The molecule has 0 fully saturated rings. The van der Waals surface area contributed by atoms with Gasteiger partial charge in [-0.3, -0.25) is 4.98 Å². The van der Waals surface area contributed by atoms with Crippen molar-refractivity contribution in [1.82, 2.24) is 9.88 Å². The molecule has 5 nitrogen and oxygen atoms in total. The lowest BCUT2D eigenvalue weighted by Crippen LogP contribution is -2.35. The summed E-state index contributed by atoms with van der Waals surface area (Å²) < 4.78 is 11.7. The zero-order valence-electron chi connectivity index (χ0n) is 14.7. The Hall–Kier alpha value is -1.82. The first-order valence-corrected chi connectivity index (χ1v) is 8.56. The molecule has 0 aliphatic heterocycles. The van der Waals surface area contributed by atoms with Gasteiger partial charge in [-0.2, -0.15) is 0 Å². The lowest BCUT2D eigenvalue weighted by Gasteiger charge is -2.24. The molecule has 2 aromatic rings. The van der Waals surface area contributed by atoms with Crippen LogP contribution in [0.5, 0.6) is 5.75 Å². The van der Waals surface area contributed by atoms with E-state index in [0.29, 0.717) is 13.0 Å². The van der Waals surface area contributed by atoms with Crippen molar-refractivity contribution in [3.05, 3.63) is 34.4 Å². The molecule has 2 rings (SSSR count). The number of nitrogens with zero attached hydrogens (tertiary/aromatic N) is 2. The van der Waals surface area contributed by atoms with E-state index in [0.717, 1.165) is 26.7 Å². The highest BCUT2D eigenvalue weighted by Gasteiger charge is 2.20. The number of fused-ring (bicyclic) bond motifs is 1. The van der Waals surface area contributed by atoms with Crippen LogP contribution in [-0.4, -0.2) is 42.3 Å². The fourth-order valence-electron chi connectivity index (χ4n) is 2.38. The molecule has 0 N–H and O–H groups in total. The van der Waals surface area contributed by atoms with Crippen LogP contribution in [0.1, 0.15) is 26.3 Å². The number of carbonyl (C=O) groups excluding carboxylic acids is 1. The van der Waals surface area contributed by atoms with Crippen molar-refractivity contribution in [2.24, 2.45) is 0 Å². The molecule has 1 aromatic carbocycles. The Kier molecular flexibility index (Phi) is 5.70. The predicted molar refractivity (Wildman–Crippen MR) is 98.6 cm³/mol. The van der Waals surface area contributed by atoms with Gasteiger partial charge in [0.2, 0.25) is 0 Å². The number of methoxy groups -OCH3 is 1. The van der Waals surface area contributed by atoms with Gasteiger partial charge in [-0.15, -0.1) is 0 Å². The molecule has 0 aliphatic carbocycles. The molecule has 0 saturated carbocycles. The smallest absolute Gasteiger partial charge is 0.410 e.